The molecule has 0 radical (unpaired) electrons. The molecule has 4 aromatic rings. The summed E-state index contributed by atoms with van der Waals surface area (Å²) in [6.45, 7) is 4.04. The van der Waals surface area contributed by atoms with E-state index in [1.807, 2.05) is 42.5 Å². The molecule has 4 aromatic carbocycles. The fourth-order valence-corrected chi connectivity index (χ4v) is 5.10. The lowest BCUT2D eigenvalue weighted by molar-refractivity contribution is 0.264. The van der Waals surface area contributed by atoms with E-state index in [0.717, 1.165) is 58.2 Å². The summed E-state index contributed by atoms with van der Waals surface area (Å²) in [5, 5.41) is 0. The molecule has 0 fully saturated rings. The van der Waals surface area contributed by atoms with Crippen LogP contribution in [-0.2, 0) is 19.6 Å². The van der Waals surface area contributed by atoms with Crippen LogP contribution in [0.1, 0.15) is 39.4 Å². The molecule has 5 rings (SSSR count). The van der Waals surface area contributed by atoms with Gasteiger partial charge in [-0.2, -0.15) is 0 Å². The van der Waals surface area contributed by atoms with Crippen LogP contribution >= 0.6 is 0 Å². The fourth-order valence-electron chi connectivity index (χ4n) is 5.10. The molecule has 0 saturated carbocycles. The van der Waals surface area contributed by atoms with Crippen LogP contribution in [0.3, 0.4) is 0 Å². The van der Waals surface area contributed by atoms with E-state index in [4.69, 9.17) is 18.9 Å². The Labute approximate surface area is 237 Å². The number of nitrogens with zero attached hydrogens (tertiary/aromatic N) is 1. The van der Waals surface area contributed by atoms with Crippen LogP contribution in [0.4, 0.5) is 0 Å². The molecule has 1 aliphatic rings. The molecule has 0 aromatic heterocycles. The molecule has 0 spiro atoms. The van der Waals surface area contributed by atoms with Gasteiger partial charge >= 0.3 is 0 Å². The van der Waals surface area contributed by atoms with E-state index in [0.29, 0.717) is 13.2 Å². The summed E-state index contributed by atoms with van der Waals surface area (Å²) in [7, 11) is 5.55. The van der Waals surface area contributed by atoms with E-state index in [1.165, 1.54) is 11.1 Å². The number of likely N-dealkylation sites (N-methyl/N-ethyl adjacent to an activating group) is 1. The second kappa shape index (κ2) is 12.8. The van der Waals surface area contributed by atoms with Crippen molar-refractivity contribution in [2.75, 3.05) is 27.8 Å². The quantitative estimate of drug-likeness (QED) is 0.211. The van der Waals surface area contributed by atoms with Gasteiger partial charge in [0, 0.05) is 6.54 Å². The fraction of sp³-hybridized carbons (Fsp3) is 0.257. The number of ether oxygens (including phenoxy) is 4. The SMILES string of the molecule is COc1cc(C)c(/C=C/C2c3cc(OC)c(OCc4ccccc4)cc3CCN2C)cc1OCc1ccccc1. The molecular formula is C35H37NO4. The molecule has 1 atom stereocenters. The number of fused-ring (bicyclic) bond motifs is 1. The Morgan fingerprint density at radius 2 is 1.32 bits per heavy atom. The molecule has 0 N–H and O–H groups in total. The van der Waals surface area contributed by atoms with E-state index >= 15 is 0 Å². The normalized spacial score (nSPS) is 15.1. The number of aryl methyl sites for hydroxylation is 1. The van der Waals surface area contributed by atoms with Crippen LogP contribution in [0.2, 0.25) is 0 Å². The Balaban J connectivity index is 1.39. The Kier molecular flexibility index (Phi) is 8.72. The third kappa shape index (κ3) is 6.32. The third-order valence-corrected chi connectivity index (χ3v) is 7.44. The van der Waals surface area contributed by atoms with E-state index in [2.05, 4.69) is 73.5 Å². The Morgan fingerprint density at radius 3 is 1.93 bits per heavy atom. The van der Waals surface area contributed by atoms with Gasteiger partial charge in [0.25, 0.3) is 0 Å². The molecule has 0 saturated heterocycles. The van der Waals surface area contributed by atoms with Crippen LogP contribution < -0.4 is 18.9 Å². The van der Waals surface area contributed by atoms with Gasteiger partial charge in [0.1, 0.15) is 13.2 Å². The van der Waals surface area contributed by atoms with Gasteiger partial charge in [-0.25, -0.2) is 0 Å². The zero-order valence-corrected chi connectivity index (χ0v) is 23.7. The lowest BCUT2D eigenvalue weighted by atomic mass is 9.91. The van der Waals surface area contributed by atoms with Gasteiger partial charge in [-0.3, -0.25) is 4.90 Å². The first-order valence-corrected chi connectivity index (χ1v) is 13.7. The highest BCUT2D eigenvalue weighted by atomic mass is 16.5. The van der Waals surface area contributed by atoms with Crippen molar-refractivity contribution in [2.24, 2.45) is 0 Å². The number of hydrogen-bond donors (Lipinski definition) is 0. The summed E-state index contributed by atoms with van der Waals surface area (Å²) in [6, 6.07) is 28.9. The average Bonchev–Trinajstić information content (AvgIpc) is 2.99. The molecule has 1 aliphatic heterocycles. The van der Waals surface area contributed by atoms with Crippen molar-refractivity contribution >= 4 is 6.08 Å². The van der Waals surface area contributed by atoms with Crippen LogP contribution in [-0.4, -0.2) is 32.7 Å². The summed E-state index contributed by atoms with van der Waals surface area (Å²) in [5.41, 5.74) is 6.99. The van der Waals surface area contributed by atoms with E-state index in [-0.39, 0.29) is 6.04 Å². The molecule has 5 nitrogen and oxygen atoms in total. The van der Waals surface area contributed by atoms with Crippen LogP contribution in [0, 0.1) is 6.92 Å². The number of methoxy groups -OCH3 is 2. The van der Waals surface area contributed by atoms with Gasteiger partial charge in [0.2, 0.25) is 0 Å². The first-order chi connectivity index (χ1) is 19.6. The summed E-state index contributed by atoms with van der Waals surface area (Å²) >= 11 is 0. The third-order valence-electron chi connectivity index (χ3n) is 7.44. The summed E-state index contributed by atoms with van der Waals surface area (Å²) in [5.74, 6) is 3.00. The average molecular weight is 536 g/mol. The van der Waals surface area contributed by atoms with E-state index < -0.39 is 0 Å². The van der Waals surface area contributed by atoms with Crippen molar-refractivity contribution in [1.29, 1.82) is 0 Å². The second-order valence-corrected chi connectivity index (χ2v) is 10.1. The second-order valence-electron chi connectivity index (χ2n) is 10.1. The number of hydrogen-bond acceptors (Lipinski definition) is 5. The highest BCUT2D eigenvalue weighted by Gasteiger charge is 2.25. The van der Waals surface area contributed by atoms with Gasteiger partial charge in [0.15, 0.2) is 23.0 Å². The summed E-state index contributed by atoms with van der Waals surface area (Å²) in [4.78, 5) is 2.37. The minimum absolute atomic E-state index is 0.107. The van der Waals surface area contributed by atoms with E-state index in [1.54, 1.807) is 14.2 Å². The number of rotatable bonds is 10. The van der Waals surface area contributed by atoms with Crippen LogP contribution in [0.5, 0.6) is 23.0 Å². The van der Waals surface area contributed by atoms with Gasteiger partial charge in [0.05, 0.1) is 20.3 Å². The predicted molar refractivity (Wildman–Crippen MR) is 160 cm³/mol. The Morgan fingerprint density at radius 1 is 0.750 bits per heavy atom. The predicted octanol–water partition coefficient (Wildman–Crippen LogP) is 7.41. The smallest absolute Gasteiger partial charge is 0.162 e. The van der Waals surface area contributed by atoms with Crippen molar-refractivity contribution in [2.45, 2.75) is 32.6 Å². The first-order valence-electron chi connectivity index (χ1n) is 13.7. The highest BCUT2D eigenvalue weighted by Crippen LogP contribution is 2.39. The monoisotopic (exact) mass is 535 g/mol. The molecule has 0 amide bonds. The topological polar surface area (TPSA) is 40.2 Å². The maximum atomic E-state index is 6.19. The van der Waals surface area contributed by atoms with Gasteiger partial charge in [-0.15, -0.1) is 0 Å². The summed E-state index contributed by atoms with van der Waals surface area (Å²) < 4.78 is 23.8. The Bertz CT molecular complexity index is 1450. The van der Waals surface area contributed by atoms with Crippen molar-refractivity contribution in [1.82, 2.24) is 4.90 Å². The molecular weight excluding hydrogens is 498 g/mol. The molecule has 1 heterocycles. The number of benzene rings is 4. The minimum Gasteiger partial charge on any atom is -0.493 e. The summed E-state index contributed by atoms with van der Waals surface area (Å²) in [6.07, 6.45) is 5.41. The van der Waals surface area contributed by atoms with Crippen LogP contribution in [0.15, 0.2) is 91.0 Å². The zero-order valence-electron chi connectivity index (χ0n) is 23.7. The molecule has 1 unspecified atom stereocenters. The van der Waals surface area contributed by atoms with Crippen LogP contribution in [0.25, 0.3) is 6.08 Å². The van der Waals surface area contributed by atoms with Crippen molar-refractivity contribution in [3.63, 3.8) is 0 Å². The molecule has 206 valence electrons. The highest BCUT2D eigenvalue weighted by molar-refractivity contribution is 5.61. The minimum atomic E-state index is 0.107. The maximum Gasteiger partial charge on any atom is 0.162 e. The standard InChI is InChI=1S/C35H37NO4/c1-25-19-32(37-3)34(39-23-26-11-7-5-8-12-26)20-28(25)15-16-31-30-22-33(38-4)35(21-29(30)17-18-36(31)2)40-24-27-13-9-6-10-14-27/h5-16,19-22,31H,17-18,23-24H2,1-4H3/b16-15+. The van der Waals surface area contributed by atoms with Gasteiger partial charge < -0.3 is 18.9 Å². The van der Waals surface area contributed by atoms with Crippen molar-refractivity contribution < 1.29 is 18.9 Å². The van der Waals surface area contributed by atoms with Crippen molar-refractivity contribution in [3.8, 4) is 23.0 Å². The molecule has 0 aliphatic carbocycles. The lowest BCUT2D eigenvalue weighted by Gasteiger charge is -2.33. The van der Waals surface area contributed by atoms with Crippen molar-refractivity contribution in [3.05, 3.63) is 124 Å². The van der Waals surface area contributed by atoms with E-state index in [9.17, 15) is 0 Å². The van der Waals surface area contributed by atoms with Gasteiger partial charge in [-0.05, 0) is 78.0 Å². The zero-order chi connectivity index (χ0) is 27.9. The first kappa shape index (κ1) is 27.4. The van der Waals surface area contributed by atoms with Gasteiger partial charge in [-0.1, -0.05) is 72.8 Å². The molecule has 40 heavy (non-hydrogen) atoms. The maximum absolute atomic E-state index is 6.19. The largest absolute Gasteiger partial charge is 0.493 e. The Hall–Kier alpha value is -4.22. The lowest BCUT2D eigenvalue weighted by Crippen LogP contribution is -2.31. The molecule has 0 bridgehead atoms. The molecule has 5 heteroatoms.